The van der Waals surface area contributed by atoms with E-state index in [0.29, 0.717) is 10.6 Å². The highest BCUT2D eigenvalue weighted by molar-refractivity contribution is 6.30. The number of nitrogens with one attached hydrogen (secondary N) is 1. The number of alkyl carbamates (subject to hydrolysis) is 1. The van der Waals surface area contributed by atoms with Crippen molar-refractivity contribution in [3.8, 4) is 0 Å². The van der Waals surface area contributed by atoms with Gasteiger partial charge in [-0.25, -0.2) is 9.18 Å². The number of halogens is 2. The van der Waals surface area contributed by atoms with Gasteiger partial charge in [0.1, 0.15) is 12.4 Å². The maximum absolute atomic E-state index is 13.1. The van der Waals surface area contributed by atoms with Gasteiger partial charge < -0.3 is 10.1 Å². The van der Waals surface area contributed by atoms with Crippen LogP contribution >= 0.6 is 11.6 Å². The Balaban J connectivity index is 1.73. The normalized spacial score (nSPS) is 10.6. The van der Waals surface area contributed by atoms with E-state index < -0.39 is 11.9 Å². The number of ether oxygens (including phenoxy) is 1. The van der Waals surface area contributed by atoms with Crippen LogP contribution in [0.25, 0.3) is 6.08 Å². The SMILES string of the molecule is O=C(NCC=Cc1cc(F)cc(Cl)c1)OCc1ccccc1. The maximum atomic E-state index is 13.1. The van der Waals surface area contributed by atoms with Gasteiger partial charge in [-0.2, -0.15) is 0 Å². The van der Waals surface area contributed by atoms with Crippen LogP contribution in [0.5, 0.6) is 0 Å². The maximum Gasteiger partial charge on any atom is 0.407 e. The van der Waals surface area contributed by atoms with Crippen molar-refractivity contribution < 1.29 is 13.9 Å². The molecule has 3 nitrogen and oxygen atoms in total. The van der Waals surface area contributed by atoms with Crippen LogP contribution < -0.4 is 5.32 Å². The van der Waals surface area contributed by atoms with Crippen molar-refractivity contribution in [1.29, 1.82) is 0 Å². The molecule has 114 valence electrons. The average molecular weight is 320 g/mol. The van der Waals surface area contributed by atoms with E-state index in [2.05, 4.69) is 5.32 Å². The molecule has 0 fully saturated rings. The second-order valence-corrected chi connectivity index (χ2v) is 4.98. The summed E-state index contributed by atoms with van der Waals surface area (Å²) in [6.07, 6.45) is 2.85. The molecule has 22 heavy (non-hydrogen) atoms. The van der Waals surface area contributed by atoms with Gasteiger partial charge in [0, 0.05) is 11.6 Å². The fraction of sp³-hybridized carbons (Fsp3) is 0.118. The van der Waals surface area contributed by atoms with Gasteiger partial charge in [-0.1, -0.05) is 54.1 Å². The van der Waals surface area contributed by atoms with E-state index >= 15 is 0 Å². The van der Waals surface area contributed by atoms with Gasteiger partial charge in [0.25, 0.3) is 0 Å². The Morgan fingerprint density at radius 3 is 2.73 bits per heavy atom. The van der Waals surface area contributed by atoms with Crippen molar-refractivity contribution in [1.82, 2.24) is 5.32 Å². The van der Waals surface area contributed by atoms with Gasteiger partial charge in [-0.3, -0.25) is 0 Å². The Bertz CT molecular complexity index is 639. The minimum Gasteiger partial charge on any atom is -0.445 e. The molecule has 0 heterocycles. The van der Waals surface area contributed by atoms with E-state index in [1.54, 1.807) is 18.2 Å². The molecular formula is C17H15ClFNO2. The Hall–Kier alpha value is -2.33. The number of carbonyl (C=O) groups excluding carboxylic acids is 1. The number of carbonyl (C=O) groups is 1. The molecule has 0 aliphatic heterocycles. The van der Waals surface area contributed by atoms with Crippen LogP contribution in [0, 0.1) is 5.82 Å². The molecule has 0 saturated carbocycles. The lowest BCUT2D eigenvalue weighted by atomic mass is 10.2. The van der Waals surface area contributed by atoms with Crippen molar-refractivity contribution in [3.05, 3.63) is 76.6 Å². The summed E-state index contributed by atoms with van der Waals surface area (Å²) in [6, 6.07) is 13.6. The average Bonchev–Trinajstić information content (AvgIpc) is 2.50. The molecule has 2 rings (SSSR count). The van der Waals surface area contributed by atoms with Crippen LogP contribution in [0.15, 0.2) is 54.6 Å². The summed E-state index contributed by atoms with van der Waals surface area (Å²) in [5, 5.41) is 2.91. The second kappa shape index (κ2) is 8.20. The minimum absolute atomic E-state index is 0.218. The zero-order valence-corrected chi connectivity index (χ0v) is 12.5. The molecule has 0 radical (unpaired) electrons. The molecular weight excluding hydrogens is 305 g/mol. The predicted molar refractivity (Wildman–Crippen MR) is 85.1 cm³/mol. The first-order valence-corrected chi connectivity index (χ1v) is 7.08. The first kappa shape index (κ1) is 16.0. The third-order valence-electron chi connectivity index (χ3n) is 2.77. The van der Waals surface area contributed by atoms with Crippen molar-refractivity contribution in [2.75, 3.05) is 6.54 Å². The zero-order valence-electron chi connectivity index (χ0n) is 11.8. The van der Waals surface area contributed by atoms with Gasteiger partial charge in [0.05, 0.1) is 0 Å². The standard InChI is InChI=1S/C17H15ClFNO2/c18-15-9-14(10-16(19)11-15)7-4-8-20-17(21)22-12-13-5-2-1-3-6-13/h1-7,9-11H,8,12H2,(H,20,21). The van der Waals surface area contributed by atoms with Crippen LogP contribution in [0.4, 0.5) is 9.18 Å². The third-order valence-corrected chi connectivity index (χ3v) is 2.99. The van der Waals surface area contributed by atoms with Crippen molar-refractivity contribution in [2.24, 2.45) is 0 Å². The van der Waals surface area contributed by atoms with E-state index in [0.717, 1.165) is 5.56 Å². The van der Waals surface area contributed by atoms with E-state index in [9.17, 15) is 9.18 Å². The van der Waals surface area contributed by atoms with Crippen LogP contribution in [0.1, 0.15) is 11.1 Å². The second-order valence-electron chi connectivity index (χ2n) is 4.55. The number of hydrogen-bond acceptors (Lipinski definition) is 2. The van der Waals surface area contributed by atoms with Crippen molar-refractivity contribution in [2.45, 2.75) is 6.61 Å². The van der Waals surface area contributed by atoms with E-state index in [1.165, 1.54) is 12.1 Å². The molecule has 0 aliphatic carbocycles. The Labute approximate surface area is 133 Å². The van der Waals surface area contributed by atoms with Gasteiger partial charge in [-0.15, -0.1) is 0 Å². The van der Waals surface area contributed by atoms with Crippen LogP contribution in [-0.4, -0.2) is 12.6 Å². The van der Waals surface area contributed by atoms with Gasteiger partial charge >= 0.3 is 6.09 Å². The molecule has 1 N–H and O–H groups in total. The van der Waals surface area contributed by atoms with Crippen molar-refractivity contribution in [3.63, 3.8) is 0 Å². The summed E-state index contributed by atoms with van der Waals surface area (Å²) in [7, 11) is 0. The molecule has 2 aromatic carbocycles. The first-order chi connectivity index (χ1) is 10.6. The quantitative estimate of drug-likeness (QED) is 0.886. The molecule has 1 amide bonds. The highest BCUT2D eigenvalue weighted by Gasteiger charge is 2.00. The summed E-state index contributed by atoms with van der Waals surface area (Å²) >= 11 is 5.75. The highest BCUT2D eigenvalue weighted by Crippen LogP contribution is 2.14. The Kier molecular flexibility index (Phi) is 5.98. The summed E-state index contributed by atoms with van der Waals surface area (Å²) in [6.45, 7) is 0.498. The van der Waals surface area contributed by atoms with E-state index in [1.807, 2.05) is 30.3 Å². The lowest BCUT2D eigenvalue weighted by Crippen LogP contribution is -2.24. The molecule has 0 aromatic heterocycles. The summed E-state index contributed by atoms with van der Waals surface area (Å²) in [5.74, 6) is -0.401. The molecule has 0 spiro atoms. The van der Waals surface area contributed by atoms with Gasteiger partial charge in [0.15, 0.2) is 0 Å². The van der Waals surface area contributed by atoms with Crippen LogP contribution in [-0.2, 0) is 11.3 Å². The first-order valence-electron chi connectivity index (χ1n) is 6.70. The smallest absolute Gasteiger partial charge is 0.407 e. The predicted octanol–water partition coefficient (Wildman–Crippen LogP) is 4.42. The van der Waals surface area contributed by atoms with Crippen molar-refractivity contribution >= 4 is 23.8 Å². The van der Waals surface area contributed by atoms with Gasteiger partial charge in [-0.05, 0) is 29.3 Å². The molecule has 0 aliphatic rings. The molecule has 0 unspecified atom stereocenters. The fourth-order valence-corrected chi connectivity index (χ4v) is 2.01. The van der Waals surface area contributed by atoms with Crippen LogP contribution in [0.2, 0.25) is 5.02 Å². The summed E-state index contributed by atoms with van der Waals surface area (Å²) in [4.78, 5) is 11.5. The molecule has 0 bridgehead atoms. The van der Waals surface area contributed by atoms with E-state index in [-0.39, 0.29) is 13.2 Å². The molecule has 0 atom stereocenters. The van der Waals surface area contributed by atoms with Crippen LogP contribution in [0.3, 0.4) is 0 Å². The number of benzene rings is 2. The molecule has 2 aromatic rings. The lowest BCUT2D eigenvalue weighted by molar-refractivity contribution is 0.141. The Morgan fingerprint density at radius 2 is 2.00 bits per heavy atom. The Morgan fingerprint density at radius 1 is 1.23 bits per heavy atom. The molecule has 5 heteroatoms. The fourth-order valence-electron chi connectivity index (χ4n) is 1.78. The minimum atomic E-state index is -0.509. The number of rotatable bonds is 5. The topological polar surface area (TPSA) is 38.3 Å². The largest absolute Gasteiger partial charge is 0.445 e. The van der Waals surface area contributed by atoms with E-state index in [4.69, 9.17) is 16.3 Å². The number of amides is 1. The monoisotopic (exact) mass is 319 g/mol. The molecule has 0 saturated heterocycles. The summed E-state index contributed by atoms with van der Waals surface area (Å²) < 4.78 is 18.2. The summed E-state index contributed by atoms with van der Waals surface area (Å²) in [5.41, 5.74) is 1.55. The zero-order chi connectivity index (χ0) is 15.8. The number of hydrogen-bond donors (Lipinski definition) is 1. The lowest BCUT2D eigenvalue weighted by Gasteiger charge is -2.05. The third kappa shape index (κ3) is 5.58. The highest BCUT2D eigenvalue weighted by atomic mass is 35.5. The van der Waals surface area contributed by atoms with Gasteiger partial charge in [0.2, 0.25) is 0 Å².